The number of aryl methyl sites for hydroxylation is 1. The van der Waals surface area contributed by atoms with Crippen molar-refractivity contribution in [2.45, 2.75) is 57.0 Å². The van der Waals surface area contributed by atoms with Crippen molar-refractivity contribution in [2.24, 2.45) is 11.7 Å². The zero-order valence-electron chi connectivity index (χ0n) is 16.8. The lowest BCUT2D eigenvalue weighted by molar-refractivity contribution is -0.142. The first-order chi connectivity index (χ1) is 14.4. The van der Waals surface area contributed by atoms with Crippen molar-refractivity contribution in [1.82, 2.24) is 10.6 Å². The van der Waals surface area contributed by atoms with Gasteiger partial charge in [-0.3, -0.25) is 19.2 Å². The molecule has 3 rings (SSSR count). The number of carboxylic acid groups (broad SMARTS) is 1. The van der Waals surface area contributed by atoms with Crippen molar-refractivity contribution in [1.29, 1.82) is 0 Å². The first-order valence-corrected chi connectivity index (χ1v) is 10.4. The Balaban J connectivity index is 1.68. The number of rotatable bonds is 8. The predicted octanol–water partition coefficient (Wildman–Crippen LogP) is 0.778. The van der Waals surface area contributed by atoms with E-state index in [1.54, 1.807) is 18.2 Å². The minimum Gasteiger partial charge on any atom is -0.481 e. The van der Waals surface area contributed by atoms with Crippen molar-refractivity contribution in [3.05, 3.63) is 29.3 Å². The van der Waals surface area contributed by atoms with Gasteiger partial charge in [-0.2, -0.15) is 0 Å². The number of aliphatic carboxylic acids is 1. The number of fused-ring (bicyclic) bond motifs is 1. The van der Waals surface area contributed by atoms with Gasteiger partial charge >= 0.3 is 5.97 Å². The second kappa shape index (κ2) is 9.71. The van der Waals surface area contributed by atoms with Crippen molar-refractivity contribution >= 4 is 29.4 Å². The van der Waals surface area contributed by atoms with Crippen LogP contribution in [0, 0.1) is 5.92 Å². The molecule has 0 saturated heterocycles. The molecule has 1 aromatic rings. The van der Waals surface area contributed by atoms with E-state index in [0.29, 0.717) is 56.3 Å². The van der Waals surface area contributed by atoms with Crippen LogP contribution in [0.4, 0.5) is 5.69 Å². The molecule has 1 heterocycles. The van der Waals surface area contributed by atoms with Gasteiger partial charge in [-0.15, -0.1) is 0 Å². The summed E-state index contributed by atoms with van der Waals surface area (Å²) in [5.74, 6) is -2.46. The van der Waals surface area contributed by atoms with E-state index in [0.717, 1.165) is 12.0 Å². The highest BCUT2D eigenvalue weighted by Gasteiger charge is 2.35. The second-order valence-corrected chi connectivity index (χ2v) is 7.87. The largest absolute Gasteiger partial charge is 0.481 e. The number of carbonyl (C=O) groups is 4. The zero-order valence-corrected chi connectivity index (χ0v) is 16.8. The molecule has 30 heavy (non-hydrogen) atoms. The number of carboxylic acids is 1. The number of nitrogens with one attached hydrogen (secondary N) is 3. The van der Waals surface area contributed by atoms with Gasteiger partial charge in [0.15, 0.2) is 0 Å². The van der Waals surface area contributed by atoms with Crippen LogP contribution in [0.5, 0.6) is 0 Å². The number of nitrogens with two attached hydrogens (primary N) is 1. The summed E-state index contributed by atoms with van der Waals surface area (Å²) < 4.78 is 0. The molecule has 6 N–H and O–H groups in total. The lowest BCUT2D eigenvalue weighted by Crippen LogP contribution is -2.51. The van der Waals surface area contributed by atoms with E-state index in [2.05, 4.69) is 16.0 Å². The van der Waals surface area contributed by atoms with Gasteiger partial charge in [0.25, 0.3) is 5.91 Å². The van der Waals surface area contributed by atoms with Crippen molar-refractivity contribution < 1.29 is 24.3 Å². The standard InChI is InChI=1S/C21H28N4O5/c22-10-2-5-16(20(28)24-15-4-1-3-14(15)21(29)30)25-19(27)13-7-6-12-8-9-18(26)23-17(12)11-13/h6-7,11,14-16H,1-5,8-10,22H2,(H,23,26)(H,24,28)(H,25,27)(H,29,30)/t14-,15+,16+/m1/s1. The molecule has 162 valence electrons. The number of carbonyl (C=O) groups excluding carboxylic acids is 3. The third-order valence-corrected chi connectivity index (χ3v) is 5.75. The summed E-state index contributed by atoms with van der Waals surface area (Å²) in [5.41, 5.74) is 7.48. The summed E-state index contributed by atoms with van der Waals surface area (Å²) in [6.45, 7) is 0.367. The maximum atomic E-state index is 12.8. The molecule has 0 unspecified atom stereocenters. The highest BCUT2D eigenvalue weighted by molar-refractivity contribution is 6.00. The molecular weight excluding hydrogens is 388 g/mol. The quantitative estimate of drug-likeness (QED) is 0.422. The van der Waals surface area contributed by atoms with Gasteiger partial charge in [0.1, 0.15) is 6.04 Å². The van der Waals surface area contributed by atoms with Crippen LogP contribution in [0.15, 0.2) is 18.2 Å². The first-order valence-electron chi connectivity index (χ1n) is 10.4. The highest BCUT2D eigenvalue weighted by Crippen LogP contribution is 2.26. The van der Waals surface area contributed by atoms with E-state index in [1.165, 1.54) is 0 Å². The van der Waals surface area contributed by atoms with Crippen LogP contribution in [0.3, 0.4) is 0 Å². The number of hydrogen-bond donors (Lipinski definition) is 5. The Kier molecular flexibility index (Phi) is 7.04. The molecule has 0 aromatic heterocycles. The van der Waals surface area contributed by atoms with Gasteiger partial charge in [0, 0.05) is 23.7 Å². The minimum absolute atomic E-state index is 0.0928. The van der Waals surface area contributed by atoms with Crippen molar-refractivity contribution in [3.63, 3.8) is 0 Å². The summed E-state index contributed by atoms with van der Waals surface area (Å²) >= 11 is 0. The van der Waals surface area contributed by atoms with Crippen LogP contribution in [0.1, 0.15) is 54.4 Å². The average Bonchev–Trinajstić information content (AvgIpc) is 3.18. The van der Waals surface area contributed by atoms with Crippen molar-refractivity contribution in [2.75, 3.05) is 11.9 Å². The highest BCUT2D eigenvalue weighted by atomic mass is 16.4. The third-order valence-electron chi connectivity index (χ3n) is 5.75. The Morgan fingerprint density at radius 1 is 1.23 bits per heavy atom. The minimum atomic E-state index is -0.920. The van der Waals surface area contributed by atoms with Gasteiger partial charge in [-0.25, -0.2) is 0 Å². The van der Waals surface area contributed by atoms with E-state index < -0.39 is 35.8 Å². The van der Waals surface area contributed by atoms with Gasteiger partial charge in [-0.05, 0) is 56.3 Å². The summed E-state index contributed by atoms with van der Waals surface area (Å²) in [6.07, 6.45) is 3.79. The second-order valence-electron chi connectivity index (χ2n) is 7.87. The molecule has 3 amide bonds. The molecule has 0 spiro atoms. The number of anilines is 1. The molecule has 1 fully saturated rings. The van der Waals surface area contributed by atoms with Crippen LogP contribution in [-0.2, 0) is 20.8 Å². The topological polar surface area (TPSA) is 151 Å². The van der Waals surface area contributed by atoms with Crippen LogP contribution < -0.4 is 21.7 Å². The van der Waals surface area contributed by atoms with E-state index in [9.17, 15) is 24.3 Å². The molecule has 1 aliphatic carbocycles. The molecule has 0 radical (unpaired) electrons. The molecule has 1 aromatic carbocycles. The molecule has 3 atom stereocenters. The molecule has 1 aliphatic heterocycles. The van der Waals surface area contributed by atoms with E-state index in [-0.39, 0.29) is 5.91 Å². The molecule has 2 aliphatic rings. The fourth-order valence-corrected chi connectivity index (χ4v) is 4.06. The fourth-order valence-electron chi connectivity index (χ4n) is 4.06. The normalized spacial score (nSPS) is 21.3. The lowest BCUT2D eigenvalue weighted by Gasteiger charge is -2.23. The van der Waals surface area contributed by atoms with Gasteiger partial charge in [0.2, 0.25) is 11.8 Å². The van der Waals surface area contributed by atoms with E-state index in [1.807, 2.05) is 0 Å². The van der Waals surface area contributed by atoms with Gasteiger partial charge < -0.3 is 26.8 Å². The third kappa shape index (κ3) is 5.15. The Hall–Kier alpha value is -2.94. The molecule has 9 nitrogen and oxygen atoms in total. The average molecular weight is 416 g/mol. The molecule has 0 bridgehead atoms. The maximum Gasteiger partial charge on any atom is 0.308 e. The number of amides is 3. The van der Waals surface area contributed by atoms with Gasteiger partial charge in [-0.1, -0.05) is 12.5 Å². The zero-order chi connectivity index (χ0) is 21.7. The van der Waals surface area contributed by atoms with Crippen LogP contribution in [-0.4, -0.2) is 47.4 Å². The Morgan fingerprint density at radius 3 is 2.77 bits per heavy atom. The summed E-state index contributed by atoms with van der Waals surface area (Å²) in [6, 6.07) is 3.82. The Morgan fingerprint density at radius 2 is 2.03 bits per heavy atom. The van der Waals surface area contributed by atoms with Crippen LogP contribution >= 0.6 is 0 Å². The van der Waals surface area contributed by atoms with Gasteiger partial charge in [0.05, 0.1) is 5.92 Å². The van der Waals surface area contributed by atoms with E-state index >= 15 is 0 Å². The molecule has 9 heteroatoms. The van der Waals surface area contributed by atoms with Crippen molar-refractivity contribution in [3.8, 4) is 0 Å². The summed E-state index contributed by atoms with van der Waals surface area (Å²) in [4.78, 5) is 48.6. The maximum absolute atomic E-state index is 12.8. The van der Waals surface area contributed by atoms with Crippen LogP contribution in [0.25, 0.3) is 0 Å². The number of hydrogen-bond acceptors (Lipinski definition) is 5. The first kappa shape index (κ1) is 21.8. The lowest BCUT2D eigenvalue weighted by atomic mass is 10.00. The number of benzene rings is 1. The van der Waals surface area contributed by atoms with E-state index in [4.69, 9.17) is 5.73 Å². The SMILES string of the molecule is NCCC[C@H](NC(=O)c1ccc2c(c1)NC(=O)CC2)C(=O)N[C@H]1CCC[C@H]1C(=O)O. The van der Waals surface area contributed by atoms with Crippen LogP contribution in [0.2, 0.25) is 0 Å². The Labute approximate surface area is 174 Å². The molecular formula is C21H28N4O5. The predicted molar refractivity (Wildman–Crippen MR) is 110 cm³/mol. The monoisotopic (exact) mass is 416 g/mol. The smallest absolute Gasteiger partial charge is 0.308 e. The summed E-state index contributed by atoms with van der Waals surface area (Å²) in [5, 5.41) is 17.6. The fraction of sp³-hybridized carbons (Fsp3) is 0.524. The Bertz CT molecular complexity index is 841. The summed E-state index contributed by atoms with van der Waals surface area (Å²) in [7, 11) is 0. The molecule has 1 saturated carbocycles.